The first-order valence-electron chi connectivity index (χ1n) is 6.73. The fraction of sp³-hybridized carbons (Fsp3) is 0.600. The summed E-state index contributed by atoms with van der Waals surface area (Å²) >= 11 is 0. The third-order valence-corrected chi connectivity index (χ3v) is 5.68. The molecular formula is C15H25NO3S. The monoisotopic (exact) mass is 299 g/mol. The molecule has 0 spiro atoms. The maximum Gasteiger partial charge on any atom is 0.154 e. The van der Waals surface area contributed by atoms with E-state index in [1.54, 1.807) is 20.9 Å². The second-order valence-electron chi connectivity index (χ2n) is 5.80. The van der Waals surface area contributed by atoms with Gasteiger partial charge in [0.25, 0.3) is 0 Å². The summed E-state index contributed by atoms with van der Waals surface area (Å²) in [6.45, 7) is 7.37. The van der Waals surface area contributed by atoms with Gasteiger partial charge in [0.2, 0.25) is 0 Å². The van der Waals surface area contributed by atoms with Crippen LogP contribution in [0.3, 0.4) is 0 Å². The van der Waals surface area contributed by atoms with Crippen molar-refractivity contribution in [3.05, 3.63) is 29.8 Å². The molecule has 0 aromatic heterocycles. The van der Waals surface area contributed by atoms with Crippen LogP contribution in [0.1, 0.15) is 39.3 Å². The van der Waals surface area contributed by atoms with E-state index in [0.29, 0.717) is 0 Å². The average molecular weight is 299 g/mol. The van der Waals surface area contributed by atoms with Crippen LogP contribution < -0.4 is 10.1 Å². The van der Waals surface area contributed by atoms with Gasteiger partial charge in [0.05, 0.1) is 16.9 Å². The molecule has 1 aromatic carbocycles. The molecule has 0 saturated carbocycles. The highest BCUT2D eigenvalue weighted by molar-refractivity contribution is 7.92. The molecule has 4 nitrogen and oxygen atoms in total. The lowest BCUT2D eigenvalue weighted by molar-refractivity contribution is 0.236. The van der Waals surface area contributed by atoms with Crippen molar-refractivity contribution in [2.45, 2.75) is 44.6 Å². The molecule has 1 N–H and O–H groups in total. The number of rotatable bonds is 6. The number of sulfone groups is 1. The van der Waals surface area contributed by atoms with Crippen LogP contribution in [-0.2, 0) is 9.84 Å². The van der Waals surface area contributed by atoms with Crippen molar-refractivity contribution in [3.8, 4) is 5.75 Å². The summed E-state index contributed by atoms with van der Waals surface area (Å²) in [7, 11) is -1.46. The summed E-state index contributed by atoms with van der Waals surface area (Å²) in [6, 6.07) is 7.23. The Kier molecular flexibility index (Phi) is 5.21. The van der Waals surface area contributed by atoms with E-state index in [0.717, 1.165) is 11.3 Å². The van der Waals surface area contributed by atoms with Crippen LogP contribution in [-0.4, -0.2) is 32.6 Å². The third-order valence-electron chi connectivity index (χ3n) is 3.53. The summed E-state index contributed by atoms with van der Waals surface area (Å²) in [5.74, 6) is 0.721. The van der Waals surface area contributed by atoms with E-state index in [1.165, 1.54) is 6.26 Å². The molecule has 1 atom stereocenters. The molecule has 1 unspecified atom stereocenters. The van der Waals surface area contributed by atoms with Gasteiger partial charge in [-0.25, -0.2) is 8.42 Å². The predicted octanol–water partition coefficient (Wildman–Crippen LogP) is 2.56. The van der Waals surface area contributed by atoms with Gasteiger partial charge in [-0.15, -0.1) is 0 Å². The molecule has 0 radical (unpaired) electrons. The quantitative estimate of drug-likeness (QED) is 0.877. The van der Waals surface area contributed by atoms with Crippen molar-refractivity contribution in [1.29, 1.82) is 0 Å². The second kappa shape index (κ2) is 6.14. The fourth-order valence-corrected chi connectivity index (χ4v) is 2.84. The van der Waals surface area contributed by atoms with E-state index in [1.807, 2.05) is 38.1 Å². The summed E-state index contributed by atoms with van der Waals surface area (Å²) in [4.78, 5) is 0. The van der Waals surface area contributed by atoms with E-state index in [4.69, 9.17) is 4.74 Å². The normalized spacial score (nSPS) is 14.3. The van der Waals surface area contributed by atoms with Gasteiger partial charge in [-0.3, -0.25) is 0 Å². The van der Waals surface area contributed by atoms with Gasteiger partial charge in [0.15, 0.2) is 9.84 Å². The Morgan fingerprint density at radius 3 is 2.20 bits per heavy atom. The van der Waals surface area contributed by atoms with Crippen LogP contribution in [0.4, 0.5) is 0 Å². The predicted molar refractivity (Wildman–Crippen MR) is 82.9 cm³/mol. The Hall–Kier alpha value is -1.07. The van der Waals surface area contributed by atoms with Crippen molar-refractivity contribution in [2.75, 3.05) is 13.3 Å². The lowest BCUT2D eigenvalue weighted by atomic mass is 9.94. The SMILES string of the molecule is CNC(c1ccccc1OC(C)C)C(C)(C)S(C)(=O)=O. The van der Waals surface area contributed by atoms with Gasteiger partial charge in [-0.2, -0.15) is 0 Å². The number of benzene rings is 1. The molecule has 0 heterocycles. The average Bonchev–Trinajstić information content (AvgIpc) is 2.29. The van der Waals surface area contributed by atoms with Gasteiger partial charge < -0.3 is 10.1 Å². The first-order valence-corrected chi connectivity index (χ1v) is 8.63. The molecule has 0 amide bonds. The smallest absolute Gasteiger partial charge is 0.154 e. The molecule has 0 fully saturated rings. The number of para-hydroxylation sites is 1. The van der Waals surface area contributed by atoms with Crippen molar-refractivity contribution >= 4 is 9.84 Å². The topological polar surface area (TPSA) is 55.4 Å². The third kappa shape index (κ3) is 3.52. The Labute approximate surface area is 122 Å². The summed E-state index contributed by atoms with van der Waals surface area (Å²) in [5.41, 5.74) is 0.860. The largest absolute Gasteiger partial charge is 0.491 e. The second-order valence-corrected chi connectivity index (χ2v) is 8.40. The van der Waals surface area contributed by atoms with Gasteiger partial charge in [0, 0.05) is 11.8 Å². The van der Waals surface area contributed by atoms with Gasteiger partial charge in [0.1, 0.15) is 5.75 Å². The van der Waals surface area contributed by atoms with E-state index in [9.17, 15) is 8.42 Å². The molecule has 0 aliphatic rings. The van der Waals surface area contributed by atoms with E-state index >= 15 is 0 Å². The van der Waals surface area contributed by atoms with Crippen LogP contribution >= 0.6 is 0 Å². The Balaban J connectivity index is 3.33. The highest BCUT2D eigenvalue weighted by Gasteiger charge is 2.40. The summed E-state index contributed by atoms with van der Waals surface area (Å²) in [5, 5.41) is 3.12. The van der Waals surface area contributed by atoms with Crippen LogP contribution in [0.2, 0.25) is 0 Å². The number of ether oxygens (including phenoxy) is 1. The highest BCUT2D eigenvalue weighted by atomic mass is 32.2. The van der Waals surface area contributed by atoms with Gasteiger partial charge in [-0.1, -0.05) is 18.2 Å². The van der Waals surface area contributed by atoms with Crippen molar-refractivity contribution in [2.24, 2.45) is 0 Å². The molecule has 20 heavy (non-hydrogen) atoms. The summed E-state index contributed by atoms with van der Waals surface area (Å²) in [6.07, 6.45) is 1.30. The van der Waals surface area contributed by atoms with Crippen molar-refractivity contribution < 1.29 is 13.2 Å². The lowest BCUT2D eigenvalue weighted by Crippen LogP contribution is -2.44. The van der Waals surface area contributed by atoms with Gasteiger partial charge in [-0.05, 0) is 40.8 Å². The number of nitrogens with one attached hydrogen (secondary N) is 1. The molecule has 0 aliphatic carbocycles. The Morgan fingerprint density at radius 2 is 1.75 bits per heavy atom. The minimum atomic E-state index is -3.23. The van der Waals surface area contributed by atoms with Crippen molar-refractivity contribution in [3.63, 3.8) is 0 Å². The van der Waals surface area contributed by atoms with E-state index < -0.39 is 14.6 Å². The van der Waals surface area contributed by atoms with E-state index in [-0.39, 0.29) is 12.1 Å². The van der Waals surface area contributed by atoms with Crippen LogP contribution in [0.25, 0.3) is 0 Å². The number of hydrogen-bond acceptors (Lipinski definition) is 4. The zero-order chi connectivity index (χ0) is 15.6. The Bertz CT molecular complexity index is 550. The molecular weight excluding hydrogens is 274 g/mol. The zero-order valence-corrected chi connectivity index (χ0v) is 13.9. The highest BCUT2D eigenvalue weighted by Crippen LogP contribution is 2.36. The molecule has 0 saturated heterocycles. The fourth-order valence-electron chi connectivity index (χ4n) is 2.17. The maximum absolute atomic E-state index is 12.1. The minimum Gasteiger partial charge on any atom is -0.491 e. The van der Waals surface area contributed by atoms with Crippen molar-refractivity contribution in [1.82, 2.24) is 5.32 Å². The minimum absolute atomic E-state index is 0.0370. The standard InChI is InChI=1S/C15H25NO3S/c1-11(2)19-13-10-8-7-9-12(13)14(16-5)15(3,4)20(6,17)18/h7-11,14,16H,1-6H3. The van der Waals surface area contributed by atoms with Crippen LogP contribution in [0.5, 0.6) is 5.75 Å². The molecule has 5 heteroatoms. The Morgan fingerprint density at radius 1 is 1.20 bits per heavy atom. The molecule has 0 bridgehead atoms. The lowest BCUT2D eigenvalue weighted by Gasteiger charge is -2.34. The summed E-state index contributed by atoms with van der Waals surface area (Å²) < 4.78 is 29.0. The number of hydrogen-bond donors (Lipinski definition) is 1. The molecule has 1 rings (SSSR count). The molecule has 1 aromatic rings. The van der Waals surface area contributed by atoms with Crippen LogP contribution in [0, 0.1) is 0 Å². The molecule has 114 valence electrons. The van der Waals surface area contributed by atoms with Crippen LogP contribution in [0.15, 0.2) is 24.3 Å². The van der Waals surface area contributed by atoms with Gasteiger partial charge >= 0.3 is 0 Å². The van der Waals surface area contributed by atoms with E-state index in [2.05, 4.69) is 5.32 Å². The molecule has 0 aliphatic heterocycles. The first-order chi connectivity index (χ1) is 9.11. The maximum atomic E-state index is 12.1. The zero-order valence-electron chi connectivity index (χ0n) is 13.1. The first kappa shape index (κ1) is 17.0.